The number of benzene rings is 1. The minimum Gasteiger partial charge on any atom is -0.367 e. The van der Waals surface area contributed by atoms with Crippen LogP contribution in [0, 0.1) is 21.4 Å². The number of nitro benzene ring substituents is 1. The fraction of sp³-hybridized carbons (Fsp3) is 0.533. The standard InChI is InChI=1S/C15H19N3O2/c1-2-13-6-4-3-5-9-17(13)15-8-7-14(18(19)20)10-12(15)11-16/h7-8,10,13H,2-6,9H2,1H3. The average Bonchev–Trinajstić information content (AvgIpc) is 2.71. The van der Waals surface area contributed by atoms with E-state index in [0.29, 0.717) is 11.6 Å². The van der Waals surface area contributed by atoms with Crippen molar-refractivity contribution < 1.29 is 4.92 Å². The van der Waals surface area contributed by atoms with Crippen LogP contribution in [0.15, 0.2) is 18.2 Å². The summed E-state index contributed by atoms with van der Waals surface area (Å²) >= 11 is 0. The molecule has 1 saturated heterocycles. The molecule has 1 heterocycles. The summed E-state index contributed by atoms with van der Waals surface area (Å²) in [5, 5.41) is 20.1. The molecule has 1 unspecified atom stereocenters. The highest BCUT2D eigenvalue weighted by Gasteiger charge is 2.23. The lowest BCUT2D eigenvalue weighted by Gasteiger charge is -2.32. The van der Waals surface area contributed by atoms with Crippen molar-refractivity contribution in [2.24, 2.45) is 0 Å². The van der Waals surface area contributed by atoms with E-state index < -0.39 is 4.92 Å². The van der Waals surface area contributed by atoms with Gasteiger partial charge in [-0.15, -0.1) is 0 Å². The first-order valence-corrected chi connectivity index (χ1v) is 7.12. The fourth-order valence-electron chi connectivity index (χ4n) is 2.90. The number of rotatable bonds is 3. The highest BCUT2D eigenvalue weighted by Crippen LogP contribution is 2.30. The van der Waals surface area contributed by atoms with Crippen LogP contribution in [0.4, 0.5) is 11.4 Å². The van der Waals surface area contributed by atoms with Gasteiger partial charge in [-0.1, -0.05) is 19.8 Å². The number of non-ortho nitro benzene ring substituents is 1. The van der Waals surface area contributed by atoms with Gasteiger partial charge >= 0.3 is 0 Å². The molecule has 0 spiro atoms. The molecule has 0 aromatic heterocycles. The number of anilines is 1. The molecule has 5 nitrogen and oxygen atoms in total. The number of nitriles is 1. The van der Waals surface area contributed by atoms with Crippen molar-refractivity contribution in [3.8, 4) is 6.07 Å². The molecule has 1 aromatic carbocycles. The molecule has 0 bridgehead atoms. The van der Waals surface area contributed by atoms with Gasteiger partial charge in [-0.2, -0.15) is 5.26 Å². The lowest BCUT2D eigenvalue weighted by molar-refractivity contribution is -0.384. The van der Waals surface area contributed by atoms with Crippen LogP contribution in [0.5, 0.6) is 0 Å². The van der Waals surface area contributed by atoms with E-state index in [1.54, 1.807) is 6.07 Å². The second kappa shape index (κ2) is 6.38. The van der Waals surface area contributed by atoms with Crippen LogP contribution in [0.25, 0.3) is 0 Å². The fourth-order valence-corrected chi connectivity index (χ4v) is 2.90. The van der Waals surface area contributed by atoms with Crippen molar-refractivity contribution in [1.29, 1.82) is 5.26 Å². The molecule has 0 aliphatic carbocycles. The van der Waals surface area contributed by atoms with Gasteiger partial charge in [-0.05, 0) is 25.3 Å². The average molecular weight is 273 g/mol. The summed E-state index contributed by atoms with van der Waals surface area (Å²) < 4.78 is 0. The van der Waals surface area contributed by atoms with E-state index in [0.717, 1.165) is 31.5 Å². The normalized spacial score (nSPS) is 19.2. The Kier molecular flexibility index (Phi) is 4.57. The summed E-state index contributed by atoms with van der Waals surface area (Å²) in [5.41, 5.74) is 1.22. The van der Waals surface area contributed by atoms with Gasteiger partial charge in [0.15, 0.2) is 0 Å². The van der Waals surface area contributed by atoms with Gasteiger partial charge in [-0.3, -0.25) is 10.1 Å². The largest absolute Gasteiger partial charge is 0.367 e. The van der Waals surface area contributed by atoms with Crippen molar-refractivity contribution in [2.45, 2.75) is 45.1 Å². The van der Waals surface area contributed by atoms with Gasteiger partial charge < -0.3 is 4.90 Å². The predicted octanol–water partition coefficient (Wildman–Crippen LogP) is 3.63. The molecule has 20 heavy (non-hydrogen) atoms. The van der Waals surface area contributed by atoms with E-state index in [2.05, 4.69) is 17.9 Å². The first-order chi connectivity index (χ1) is 9.67. The van der Waals surface area contributed by atoms with Gasteiger partial charge in [0.05, 0.1) is 16.2 Å². The summed E-state index contributed by atoms with van der Waals surface area (Å²) in [6.07, 6.45) is 5.68. The minimum absolute atomic E-state index is 0.0202. The molecule has 1 atom stereocenters. The molecule has 2 rings (SSSR count). The smallest absolute Gasteiger partial charge is 0.270 e. The summed E-state index contributed by atoms with van der Waals surface area (Å²) in [7, 11) is 0. The van der Waals surface area contributed by atoms with Crippen LogP contribution in [-0.4, -0.2) is 17.5 Å². The Morgan fingerprint density at radius 1 is 1.45 bits per heavy atom. The Morgan fingerprint density at radius 3 is 2.90 bits per heavy atom. The molecule has 1 aliphatic rings. The molecule has 0 saturated carbocycles. The van der Waals surface area contributed by atoms with E-state index in [1.165, 1.54) is 25.0 Å². The summed E-state index contributed by atoms with van der Waals surface area (Å²) in [4.78, 5) is 12.6. The topological polar surface area (TPSA) is 70.2 Å². The van der Waals surface area contributed by atoms with Gasteiger partial charge in [0.25, 0.3) is 5.69 Å². The molecular formula is C15H19N3O2. The summed E-state index contributed by atoms with van der Waals surface area (Å²) in [6.45, 7) is 3.07. The lowest BCUT2D eigenvalue weighted by Crippen LogP contribution is -2.34. The first-order valence-electron chi connectivity index (χ1n) is 7.12. The quantitative estimate of drug-likeness (QED) is 0.623. The SMILES string of the molecule is CCC1CCCCCN1c1ccc([N+](=O)[O-])cc1C#N. The maximum atomic E-state index is 10.8. The molecular weight excluding hydrogens is 254 g/mol. The van der Waals surface area contributed by atoms with Crippen LogP contribution in [0.1, 0.15) is 44.6 Å². The van der Waals surface area contributed by atoms with Gasteiger partial charge in [0.1, 0.15) is 6.07 Å². The van der Waals surface area contributed by atoms with Gasteiger partial charge in [0.2, 0.25) is 0 Å². The Balaban J connectivity index is 2.39. The molecule has 5 heteroatoms. The Bertz CT molecular complexity index is 536. The van der Waals surface area contributed by atoms with Crippen LogP contribution >= 0.6 is 0 Å². The minimum atomic E-state index is -0.454. The van der Waals surface area contributed by atoms with E-state index in [-0.39, 0.29) is 5.69 Å². The van der Waals surface area contributed by atoms with Crippen molar-refractivity contribution >= 4 is 11.4 Å². The van der Waals surface area contributed by atoms with E-state index >= 15 is 0 Å². The third-order valence-corrected chi connectivity index (χ3v) is 3.97. The number of nitrogens with zero attached hydrogens (tertiary/aromatic N) is 3. The van der Waals surface area contributed by atoms with E-state index in [4.69, 9.17) is 0 Å². The monoisotopic (exact) mass is 273 g/mol. The first kappa shape index (κ1) is 14.3. The van der Waals surface area contributed by atoms with Crippen molar-refractivity contribution in [1.82, 2.24) is 0 Å². The van der Waals surface area contributed by atoms with Crippen LogP contribution in [0.3, 0.4) is 0 Å². The number of hydrogen-bond acceptors (Lipinski definition) is 4. The van der Waals surface area contributed by atoms with Crippen LogP contribution in [-0.2, 0) is 0 Å². The number of nitro groups is 1. The van der Waals surface area contributed by atoms with Crippen LogP contribution in [0.2, 0.25) is 0 Å². The zero-order valence-electron chi connectivity index (χ0n) is 11.7. The van der Waals surface area contributed by atoms with Gasteiger partial charge in [-0.25, -0.2) is 0 Å². The van der Waals surface area contributed by atoms with E-state index in [9.17, 15) is 15.4 Å². The third-order valence-electron chi connectivity index (χ3n) is 3.97. The Hall–Kier alpha value is -2.09. The Morgan fingerprint density at radius 2 is 2.25 bits per heavy atom. The second-order valence-corrected chi connectivity index (χ2v) is 5.18. The van der Waals surface area contributed by atoms with Crippen molar-refractivity contribution in [2.75, 3.05) is 11.4 Å². The maximum Gasteiger partial charge on any atom is 0.270 e. The zero-order chi connectivity index (χ0) is 14.5. The molecule has 1 aliphatic heterocycles. The zero-order valence-corrected chi connectivity index (χ0v) is 11.7. The summed E-state index contributed by atoms with van der Waals surface area (Å²) in [5.74, 6) is 0. The molecule has 0 N–H and O–H groups in total. The Labute approximate surface area is 119 Å². The second-order valence-electron chi connectivity index (χ2n) is 5.18. The predicted molar refractivity (Wildman–Crippen MR) is 77.7 cm³/mol. The lowest BCUT2D eigenvalue weighted by atomic mass is 10.1. The number of hydrogen-bond donors (Lipinski definition) is 0. The van der Waals surface area contributed by atoms with Crippen molar-refractivity contribution in [3.63, 3.8) is 0 Å². The highest BCUT2D eigenvalue weighted by atomic mass is 16.6. The molecule has 0 amide bonds. The summed E-state index contributed by atoms with van der Waals surface area (Å²) in [6, 6.07) is 7.13. The maximum absolute atomic E-state index is 10.8. The third kappa shape index (κ3) is 2.90. The van der Waals surface area contributed by atoms with Crippen molar-refractivity contribution in [3.05, 3.63) is 33.9 Å². The molecule has 106 valence electrons. The molecule has 1 fully saturated rings. The van der Waals surface area contributed by atoms with Gasteiger partial charge in [0, 0.05) is 24.7 Å². The molecule has 1 aromatic rings. The van der Waals surface area contributed by atoms with E-state index in [1.807, 2.05) is 0 Å². The van der Waals surface area contributed by atoms with Crippen LogP contribution < -0.4 is 4.90 Å². The molecule has 0 radical (unpaired) electrons. The highest BCUT2D eigenvalue weighted by molar-refractivity contribution is 5.63.